The number of ketones is 2. The molecule has 1 fully saturated rings. The third-order valence-corrected chi connectivity index (χ3v) is 6.77. The molecule has 33 heavy (non-hydrogen) atoms. The largest absolute Gasteiger partial charge is 0.397 e. The van der Waals surface area contributed by atoms with Gasteiger partial charge in [-0.05, 0) is 25.0 Å². The summed E-state index contributed by atoms with van der Waals surface area (Å²) in [6.45, 7) is 1.29. The van der Waals surface area contributed by atoms with Gasteiger partial charge < -0.3 is 16.4 Å². The Morgan fingerprint density at radius 3 is 2.30 bits per heavy atom. The normalized spacial score (nSPS) is 15.8. The first-order valence-corrected chi connectivity index (χ1v) is 11.7. The zero-order chi connectivity index (χ0) is 23.2. The van der Waals surface area contributed by atoms with E-state index < -0.39 is 38.2 Å². The van der Waals surface area contributed by atoms with E-state index in [-0.39, 0.29) is 69.2 Å². The first-order chi connectivity index (χ1) is 15.1. The molecule has 2 aliphatic carbocycles. The second-order valence-corrected chi connectivity index (χ2v) is 9.50. The van der Waals surface area contributed by atoms with Gasteiger partial charge in [0.2, 0.25) is 5.91 Å². The molecular formula is C22H23N3NaO6S. The first kappa shape index (κ1) is 25.4. The summed E-state index contributed by atoms with van der Waals surface area (Å²) in [6, 6.07) is 5.51. The van der Waals surface area contributed by atoms with Crippen LogP contribution in [0.2, 0.25) is 0 Å². The van der Waals surface area contributed by atoms with Crippen LogP contribution in [-0.2, 0) is 14.9 Å². The molecule has 5 N–H and O–H groups in total. The van der Waals surface area contributed by atoms with E-state index in [1.165, 1.54) is 25.1 Å². The number of fused-ring (bicyclic) bond motifs is 2. The Bertz CT molecular complexity index is 1270. The van der Waals surface area contributed by atoms with Gasteiger partial charge in [-0.3, -0.25) is 18.9 Å². The van der Waals surface area contributed by atoms with Crippen LogP contribution in [0.3, 0.4) is 0 Å². The molecule has 0 unspecified atom stereocenters. The van der Waals surface area contributed by atoms with E-state index in [4.69, 9.17) is 5.73 Å². The molecule has 1 amide bonds. The van der Waals surface area contributed by atoms with Crippen molar-refractivity contribution in [3.05, 3.63) is 46.5 Å². The molecule has 11 heteroatoms. The molecular weight excluding hydrogens is 457 g/mol. The van der Waals surface area contributed by atoms with Gasteiger partial charge >= 0.3 is 0 Å². The van der Waals surface area contributed by atoms with Crippen LogP contribution in [0.1, 0.15) is 70.9 Å². The molecule has 0 saturated heterocycles. The van der Waals surface area contributed by atoms with Gasteiger partial charge in [0.15, 0.2) is 11.6 Å². The fourth-order valence-electron chi connectivity index (χ4n) is 4.48. The van der Waals surface area contributed by atoms with Gasteiger partial charge in [0.1, 0.15) is 4.90 Å². The average molecular weight is 480 g/mol. The summed E-state index contributed by atoms with van der Waals surface area (Å²) in [5.74, 6) is -1.63. The second kappa shape index (κ2) is 9.55. The van der Waals surface area contributed by atoms with Crippen LogP contribution in [0.15, 0.2) is 29.2 Å². The quantitative estimate of drug-likeness (QED) is 0.252. The number of nitrogens with two attached hydrogens (primary N) is 1. The van der Waals surface area contributed by atoms with Crippen LogP contribution in [0.4, 0.5) is 17.1 Å². The molecule has 169 valence electrons. The van der Waals surface area contributed by atoms with Crippen molar-refractivity contribution in [3.63, 3.8) is 0 Å². The van der Waals surface area contributed by atoms with E-state index in [1.807, 2.05) is 0 Å². The van der Waals surface area contributed by atoms with E-state index in [0.717, 1.165) is 38.2 Å². The van der Waals surface area contributed by atoms with Crippen molar-refractivity contribution in [3.8, 4) is 0 Å². The number of hydrogen-bond donors (Lipinski definition) is 4. The Kier molecular flexibility index (Phi) is 7.35. The predicted molar refractivity (Wildman–Crippen MR) is 125 cm³/mol. The minimum absolute atomic E-state index is 0. The Morgan fingerprint density at radius 1 is 1.03 bits per heavy atom. The van der Waals surface area contributed by atoms with Crippen molar-refractivity contribution < 1.29 is 27.4 Å². The number of carbonyl (C=O) groups excluding carboxylic acids is 3. The van der Waals surface area contributed by atoms with Gasteiger partial charge in [-0.2, -0.15) is 8.42 Å². The van der Waals surface area contributed by atoms with Gasteiger partial charge in [-0.25, -0.2) is 0 Å². The summed E-state index contributed by atoms with van der Waals surface area (Å²) in [5, 5.41) is 5.77. The number of nitrogens with one attached hydrogen (secondary N) is 2. The summed E-state index contributed by atoms with van der Waals surface area (Å²) in [5.41, 5.74) is 5.52. The smallest absolute Gasteiger partial charge is 0.296 e. The Hall–Kier alpha value is -2.24. The Labute approximate surface area is 213 Å². The van der Waals surface area contributed by atoms with Gasteiger partial charge in [0, 0.05) is 53.8 Å². The van der Waals surface area contributed by atoms with Crippen LogP contribution in [0, 0.1) is 0 Å². The van der Waals surface area contributed by atoms with Crippen molar-refractivity contribution >= 4 is 74.2 Å². The monoisotopic (exact) mass is 480 g/mol. The number of rotatable bonds is 4. The van der Waals surface area contributed by atoms with Crippen molar-refractivity contribution in [1.29, 1.82) is 0 Å². The molecule has 2 aliphatic rings. The average Bonchev–Trinajstić information content (AvgIpc) is 2.72. The molecule has 0 bridgehead atoms. The van der Waals surface area contributed by atoms with Crippen molar-refractivity contribution in [2.75, 3.05) is 16.4 Å². The molecule has 0 aromatic heterocycles. The molecule has 1 radical (unpaired) electrons. The maximum atomic E-state index is 13.6. The van der Waals surface area contributed by atoms with Crippen LogP contribution < -0.4 is 16.4 Å². The van der Waals surface area contributed by atoms with Crippen molar-refractivity contribution in [2.45, 2.75) is 50.0 Å². The summed E-state index contributed by atoms with van der Waals surface area (Å²) in [4.78, 5) is 38.0. The fourth-order valence-corrected chi connectivity index (χ4v) is 5.13. The van der Waals surface area contributed by atoms with Crippen LogP contribution in [0.25, 0.3) is 0 Å². The number of amides is 1. The van der Waals surface area contributed by atoms with E-state index >= 15 is 0 Å². The Balaban J connectivity index is 0.00000306. The standard InChI is InChI=1S/C22H23N3O6S.Na/c1-11(26)24-14-9-5-8-13-17(14)22(28)18-15(25-12-6-3-2-4-7-12)10-16(32(29,30)31)20(23)19(18)21(13)27;/h5,8-10,12,25H,2-4,6-7,23H2,1H3,(H,24,26)(H,29,30,31);. The van der Waals surface area contributed by atoms with Gasteiger partial charge in [-0.15, -0.1) is 0 Å². The van der Waals surface area contributed by atoms with Crippen LogP contribution in [-0.4, -0.2) is 66.0 Å². The maximum absolute atomic E-state index is 13.6. The van der Waals surface area contributed by atoms with Crippen LogP contribution in [0.5, 0.6) is 0 Å². The number of hydrogen-bond acceptors (Lipinski definition) is 7. The molecule has 0 atom stereocenters. The van der Waals surface area contributed by atoms with E-state index in [2.05, 4.69) is 10.6 Å². The van der Waals surface area contributed by atoms with Gasteiger partial charge in [-0.1, -0.05) is 31.4 Å². The number of anilines is 3. The first-order valence-electron chi connectivity index (χ1n) is 10.3. The predicted octanol–water partition coefficient (Wildman–Crippen LogP) is 2.61. The maximum Gasteiger partial charge on any atom is 0.296 e. The molecule has 1 saturated carbocycles. The topological polar surface area (TPSA) is 156 Å². The zero-order valence-corrected chi connectivity index (χ0v) is 21.2. The van der Waals surface area contributed by atoms with Crippen molar-refractivity contribution in [2.24, 2.45) is 0 Å². The minimum Gasteiger partial charge on any atom is -0.397 e. The SMILES string of the molecule is CC(=O)Nc1cccc2c1C(=O)c1c(NC3CCCCC3)cc(S(=O)(=O)O)c(N)c1C2=O.[Na]. The van der Waals surface area contributed by atoms with Gasteiger partial charge in [0.25, 0.3) is 10.1 Å². The fraction of sp³-hybridized carbons (Fsp3) is 0.318. The van der Waals surface area contributed by atoms with E-state index in [9.17, 15) is 27.4 Å². The summed E-state index contributed by atoms with van der Waals surface area (Å²) < 4.78 is 33.7. The molecule has 0 aliphatic heterocycles. The van der Waals surface area contributed by atoms with Gasteiger partial charge in [0.05, 0.1) is 28.1 Å². The van der Waals surface area contributed by atoms with Crippen LogP contribution >= 0.6 is 0 Å². The van der Waals surface area contributed by atoms with Crippen molar-refractivity contribution in [1.82, 2.24) is 0 Å². The third kappa shape index (κ3) is 4.71. The molecule has 2 aromatic rings. The summed E-state index contributed by atoms with van der Waals surface area (Å²) in [7, 11) is -4.76. The summed E-state index contributed by atoms with van der Waals surface area (Å²) >= 11 is 0. The molecule has 2 aromatic carbocycles. The summed E-state index contributed by atoms with van der Waals surface area (Å²) in [6.07, 6.45) is 4.66. The minimum atomic E-state index is -4.76. The number of nitrogen functional groups attached to an aromatic ring is 1. The molecule has 9 nitrogen and oxygen atoms in total. The number of carbonyl (C=O) groups is 3. The second-order valence-electron chi connectivity index (χ2n) is 8.11. The molecule has 4 rings (SSSR count). The van der Waals surface area contributed by atoms with E-state index in [0.29, 0.717) is 0 Å². The zero-order valence-electron chi connectivity index (χ0n) is 18.4. The number of benzene rings is 2. The molecule has 0 heterocycles. The molecule has 0 spiro atoms. The third-order valence-electron chi connectivity index (χ3n) is 5.87. The van der Waals surface area contributed by atoms with E-state index in [1.54, 1.807) is 0 Å². The Morgan fingerprint density at radius 2 is 1.70 bits per heavy atom.